The van der Waals surface area contributed by atoms with Crippen LogP contribution in [0.4, 0.5) is 0 Å². The van der Waals surface area contributed by atoms with Crippen molar-refractivity contribution in [3.8, 4) is 5.75 Å². The van der Waals surface area contributed by atoms with Crippen molar-refractivity contribution >= 4 is 35.8 Å². The van der Waals surface area contributed by atoms with Crippen molar-refractivity contribution < 1.29 is 9.53 Å². The van der Waals surface area contributed by atoms with E-state index in [4.69, 9.17) is 4.74 Å². The molecule has 1 atom stereocenters. The Morgan fingerprint density at radius 2 is 1.78 bits per heavy atom. The van der Waals surface area contributed by atoms with Gasteiger partial charge >= 0.3 is 0 Å². The molecular weight excluding hydrogens is 455 g/mol. The average molecular weight is 482 g/mol. The minimum Gasteiger partial charge on any atom is -0.497 e. The number of nitrogens with zero attached hydrogens (tertiary/aromatic N) is 1. The van der Waals surface area contributed by atoms with Crippen LogP contribution in [-0.4, -0.2) is 39.1 Å². The first-order valence-electron chi connectivity index (χ1n) is 8.58. The first-order chi connectivity index (χ1) is 12.6. The van der Waals surface area contributed by atoms with E-state index in [1.165, 1.54) is 5.56 Å². The molecule has 2 rings (SSSR count). The number of guanidine groups is 1. The second-order valence-corrected chi connectivity index (χ2v) is 5.76. The first kappa shape index (κ1) is 22.8. The van der Waals surface area contributed by atoms with Crippen molar-refractivity contribution in [1.29, 1.82) is 0 Å². The standard InChI is InChI=1S/C20H26N4O2.HI/c1-15(16-8-5-4-6-9-16)24-20(21-2)23-13-12-22-19(25)17-10-7-11-18(14-17)26-3;/h4-11,14-15H,12-13H2,1-3H3,(H,22,25)(H2,21,23,24);1H. The van der Waals surface area contributed by atoms with E-state index in [0.717, 1.165) is 0 Å². The van der Waals surface area contributed by atoms with Gasteiger partial charge in [0.25, 0.3) is 5.91 Å². The van der Waals surface area contributed by atoms with Crippen LogP contribution in [-0.2, 0) is 0 Å². The van der Waals surface area contributed by atoms with Gasteiger partial charge in [-0.05, 0) is 30.7 Å². The lowest BCUT2D eigenvalue weighted by molar-refractivity contribution is 0.0954. The number of methoxy groups -OCH3 is 1. The van der Waals surface area contributed by atoms with Gasteiger partial charge in [-0.1, -0.05) is 36.4 Å². The van der Waals surface area contributed by atoms with Gasteiger partial charge in [-0.15, -0.1) is 24.0 Å². The summed E-state index contributed by atoms with van der Waals surface area (Å²) in [5, 5.41) is 9.40. The number of carbonyl (C=O) groups is 1. The molecule has 2 aromatic carbocycles. The largest absolute Gasteiger partial charge is 0.497 e. The van der Waals surface area contributed by atoms with E-state index >= 15 is 0 Å². The summed E-state index contributed by atoms with van der Waals surface area (Å²) in [5.41, 5.74) is 1.76. The number of halogens is 1. The summed E-state index contributed by atoms with van der Waals surface area (Å²) in [7, 11) is 3.30. The predicted molar refractivity (Wildman–Crippen MR) is 120 cm³/mol. The Morgan fingerprint density at radius 3 is 2.44 bits per heavy atom. The molecule has 0 saturated carbocycles. The molecule has 0 heterocycles. The summed E-state index contributed by atoms with van der Waals surface area (Å²) < 4.78 is 5.13. The van der Waals surface area contributed by atoms with Crippen LogP contribution in [0.15, 0.2) is 59.6 Å². The first-order valence-corrected chi connectivity index (χ1v) is 8.58. The van der Waals surface area contributed by atoms with Crippen LogP contribution in [0.2, 0.25) is 0 Å². The average Bonchev–Trinajstić information content (AvgIpc) is 2.70. The van der Waals surface area contributed by atoms with Crippen LogP contribution in [0.3, 0.4) is 0 Å². The molecule has 2 aromatic rings. The third-order valence-corrected chi connectivity index (χ3v) is 3.91. The highest BCUT2D eigenvalue weighted by atomic mass is 127. The zero-order chi connectivity index (χ0) is 18.8. The molecule has 3 N–H and O–H groups in total. The molecule has 1 amide bonds. The highest BCUT2D eigenvalue weighted by Gasteiger charge is 2.08. The van der Waals surface area contributed by atoms with Crippen molar-refractivity contribution in [1.82, 2.24) is 16.0 Å². The van der Waals surface area contributed by atoms with Gasteiger partial charge < -0.3 is 20.7 Å². The van der Waals surface area contributed by atoms with E-state index in [9.17, 15) is 4.79 Å². The van der Waals surface area contributed by atoms with E-state index in [2.05, 4.69) is 40.0 Å². The SMILES string of the molecule is CN=C(NCCNC(=O)c1cccc(OC)c1)NC(C)c1ccccc1.I. The fourth-order valence-electron chi connectivity index (χ4n) is 2.45. The van der Waals surface area contributed by atoms with E-state index in [1.54, 1.807) is 32.4 Å². The Kier molecular flexibility index (Phi) is 10.2. The third kappa shape index (κ3) is 7.46. The number of amides is 1. The molecule has 146 valence electrons. The topological polar surface area (TPSA) is 74.8 Å². The maximum absolute atomic E-state index is 12.1. The van der Waals surface area contributed by atoms with E-state index in [-0.39, 0.29) is 35.9 Å². The van der Waals surface area contributed by atoms with Crippen LogP contribution in [0.1, 0.15) is 28.9 Å². The van der Waals surface area contributed by atoms with Crippen molar-refractivity contribution in [2.24, 2.45) is 4.99 Å². The molecular formula is C20H27IN4O2. The highest BCUT2D eigenvalue weighted by Crippen LogP contribution is 2.12. The zero-order valence-electron chi connectivity index (χ0n) is 15.9. The second kappa shape index (κ2) is 12.2. The monoisotopic (exact) mass is 482 g/mol. The molecule has 0 spiro atoms. The highest BCUT2D eigenvalue weighted by molar-refractivity contribution is 14.0. The lowest BCUT2D eigenvalue weighted by atomic mass is 10.1. The number of hydrogen-bond donors (Lipinski definition) is 3. The maximum atomic E-state index is 12.1. The van der Waals surface area contributed by atoms with Gasteiger partial charge in [-0.3, -0.25) is 9.79 Å². The Bertz CT molecular complexity index is 738. The third-order valence-electron chi connectivity index (χ3n) is 3.91. The number of benzene rings is 2. The lowest BCUT2D eigenvalue weighted by Crippen LogP contribution is -2.42. The fourth-order valence-corrected chi connectivity index (χ4v) is 2.45. The Morgan fingerprint density at radius 1 is 1.07 bits per heavy atom. The normalized spacial score (nSPS) is 11.7. The molecule has 0 bridgehead atoms. The number of ether oxygens (including phenoxy) is 1. The molecule has 0 radical (unpaired) electrons. The van der Waals surface area contributed by atoms with Crippen molar-refractivity contribution in [3.05, 3.63) is 65.7 Å². The summed E-state index contributed by atoms with van der Waals surface area (Å²) >= 11 is 0. The second-order valence-electron chi connectivity index (χ2n) is 5.76. The van der Waals surface area contributed by atoms with Crippen LogP contribution >= 0.6 is 24.0 Å². The maximum Gasteiger partial charge on any atom is 0.251 e. The fraction of sp³-hybridized carbons (Fsp3) is 0.300. The number of carbonyl (C=O) groups excluding carboxylic acids is 1. The number of rotatable bonds is 7. The van der Waals surface area contributed by atoms with Crippen molar-refractivity contribution in [2.75, 3.05) is 27.2 Å². The minimum atomic E-state index is -0.133. The molecule has 0 aliphatic carbocycles. The quantitative estimate of drug-likeness (QED) is 0.246. The Balaban J connectivity index is 0.00000364. The van der Waals surface area contributed by atoms with Crippen LogP contribution in [0.25, 0.3) is 0 Å². The summed E-state index contributed by atoms with van der Waals surface area (Å²) in [6.07, 6.45) is 0. The van der Waals surface area contributed by atoms with Gasteiger partial charge in [0.05, 0.1) is 13.2 Å². The molecule has 0 aliphatic rings. The van der Waals surface area contributed by atoms with Crippen LogP contribution < -0.4 is 20.7 Å². The van der Waals surface area contributed by atoms with Gasteiger partial charge in [-0.25, -0.2) is 0 Å². The summed E-state index contributed by atoms with van der Waals surface area (Å²) in [5.74, 6) is 1.22. The van der Waals surface area contributed by atoms with Gasteiger partial charge in [-0.2, -0.15) is 0 Å². The number of hydrogen-bond acceptors (Lipinski definition) is 3. The van der Waals surface area contributed by atoms with E-state index in [1.807, 2.05) is 24.3 Å². The molecule has 6 nitrogen and oxygen atoms in total. The van der Waals surface area contributed by atoms with Crippen LogP contribution in [0.5, 0.6) is 5.75 Å². The molecule has 7 heteroatoms. The van der Waals surface area contributed by atoms with Crippen molar-refractivity contribution in [2.45, 2.75) is 13.0 Å². The molecule has 27 heavy (non-hydrogen) atoms. The number of nitrogens with one attached hydrogen (secondary N) is 3. The molecule has 0 aromatic heterocycles. The smallest absolute Gasteiger partial charge is 0.251 e. The Labute approximate surface area is 177 Å². The number of aliphatic imine (C=N–C) groups is 1. The predicted octanol–water partition coefficient (Wildman–Crippen LogP) is 2.97. The van der Waals surface area contributed by atoms with Gasteiger partial charge in [0.2, 0.25) is 0 Å². The summed E-state index contributed by atoms with van der Waals surface area (Å²) in [6, 6.07) is 17.4. The zero-order valence-corrected chi connectivity index (χ0v) is 18.2. The van der Waals surface area contributed by atoms with Gasteiger partial charge in [0.15, 0.2) is 5.96 Å². The van der Waals surface area contributed by atoms with Gasteiger partial charge in [0, 0.05) is 25.7 Å². The van der Waals surface area contributed by atoms with E-state index < -0.39 is 0 Å². The lowest BCUT2D eigenvalue weighted by Gasteiger charge is -2.18. The Hall–Kier alpha value is -2.29. The van der Waals surface area contributed by atoms with Crippen molar-refractivity contribution in [3.63, 3.8) is 0 Å². The van der Waals surface area contributed by atoms with Crippen LogP contribution in [0, 0.1) is 0 Å². The van der Waals surface area contributed by atoms with E-state index in [0.29, 0.717) is 30.4 Å². The summed E-state index contributed by atoms with van der Waals surface area (Å²) in [6.45, 7) is 3.13. The van der Waals surface area contributed by atoms with Gasteiger partial charge in [0.1, 0.15) is 5.75 Å². The molecule has 0 aliphatic heterocycles. The molecule has 1 unspecified atom stereocenters. The molecule has 0 saturated heterocycles. The minimum absolute atomic E-state index is 0. The summed E-state index contributed by atoms with van der Waals surface area (Å²) in [4.78, 5) is 16.4. The molecule has 0 fully saturated rings.